The van der Waals surface area contributed by atoms with E-state index < -0.39 is 5.97 Å². The maximum absolute atomic E-state index is 10.9. The normalized spacial score (nSPS) is 10.8. The molecule has 0 aromatic heterocycles. The number of anilines is 2. The van der Waals surface area contributed by atoms with E-state index in [0.717, 1.165) is 24.9 Å². The maximum Gasteiger partial charge on any atom is 0.337 e. The Labute approximate surface area is 107 Å². The minimum absolute atomic E-state index is 0.0663. The van der Waals surface area contributed by atoms with Crippen molar-refractivity contribution in [2.45, 2.75) is 32.7 Å². The number of aryl methyl sites for hydroxylation is 1. The molecule has 0 saturated carbocycles. The predicted octanol–water partition coefficient (Wildman–Crippen LogP) is 1.48. The van der Waals surface area contributed by atoms with Crippen LogP contribution in [0.3, 0.4) is 0 Å². The molecule has 0 atom stereocenters. The fourth-order valence-corrected chi connectivity index (χ4v) is 1.76. The first-order valence-electron chi connectivity index (χ1n) is 6.07. The van der Waals surface area contributed by atoms with Crippen LogP contribution in [-0.4, -0.2) is 23.7 Å². The van der Waals surface area contributed by atoms with Gasteiger partial charge in [-0.1, -0.05) is 19.9 Å². The molecule has 0 aliphatic heterocycles. The lowest BCUT2D eigenvalue weighted by Crippen LogP contribution is -2.24. The van der Waals surface area contributed by atoms with Crippen LogP contribution in [0.15, 0.2) is 12.1 Å². The number of rotatable bonds is 6. The van der Waals surface area contributed by atoms with E-state index in [9.17, 15) is 4.79 Å². The van der Waals surface area contributed by atoms with Gasteiger partial charge in [-0.2, -0.15) is 0 Å². The second kappa shape index (κ2) is 6.26. The van der Waals surface area contributed by atoms with E-state index >= 15 is 0 Å². The lowest BCUT2D eigenvalue weighted by Gasteiger charge is -2.12. The van der Waals surface area contributed by atoms with Gasteiger partial charge in [-0.25, -0.2) is 4.79 Å². The average molecular weight is 251 g/mol. The Morgan fingerprint density at radius 1 is 1.33 bits per heavy atom. The number of carboxylic acids is 1. The number of nitrogens with one attached hydrogen (secondary N) is 1. The van der Waals surface area contributed by atoms with E-state index in [-0.39, 0.29) is 11.3 Å². The predicted molar refractivity (Wildman–Crippen MR) is 73.7 cm³/mol. The second-order valence-electron chi connectivity index (χ2n) is 4.62. The maximum atomic E-state index is 10.9. The van der Waals surface area contributed by atoms with Gasteiger partial charge in [0.2, 0.25) is 0 Å². The van der Waals surface area contributed by atoms with E-state index in [4.69, 9.17) is 16.6 Å². The van der Waals surface area contributed by atoms with Gasteiger partial charge in [-0.05, 0) is 31.0 Å². The molecule has 0 heterocycles. The van der Waals surface area contributed by atoms with Crippen LogP contribution in [0.4, 0.5) is 11.4 Å². The van der Waals surface area contributed by atoms with Gasteiger partial charge in [-0.3, -0.25) is 0 Å². The molecule has 0 bridgehead atoms. The summed E-state index contributed by atoms with van der Waals surface area (Å²) in [6, 6.07) is 3.71. The summed E-state index contributed by atoms with van der Waals surface area (Å²) in [5.74, 6) is -1.05. The highest BCUT2D eigenvalue weighted by atomic mass is 16.4. The van der Waals surface area contributed by atoms with Crippen molar-refractivity contribution in [3.63, 3.8) is 0 Å². The van der Waals surface area contributed by atoms with Gasteiger partial charge >= 0.3 is 5.97 Å². The zero-order chi connectivity index (χ0) is 13.7. The number of carboxylic acid groups (broad SMARTS) is 1. The largest absolute Gasteiger partial charge is 0.478 e. The molecular formula is C13H21N3O2. The average Bonchev–Trinajstić information content (AvgIpc) is 2.29. The van der Waals surface area contributed by atoms with E-state index in [1.807, 2.05) is 0 Å². The van der Waals surface area contributed by atoms with Crippen molar-refractivity contribution in [1.82, 2.24) is 5.32 Å². The zero-order valence-corrected chi connectivity index (χ0v) is 10.9. The number of carbonyl (C=O) groups is 1. The van der Waals surface area contributed by atoms with Gasteiger partial charge in [0.05, 0.1) is 16.9 Å². The number of aromatic carboxylic acids is 1. The molecule has 5 nitrogen and oxygen atoms in total. The molecule has 6 N–H and O–H groups in total. The molecule has 0 saturated heterocycles. The van der Waals surface area contributed by atoms with Gasteiger partial charge < -0.3 is 21.9 Å². The summed E-state index contributed by atoms with van der Waals surface area (Å²) in [4.78, 5) is 10.9. The lowest BCUT2D eigenvalue weighted by atomic mass is 10.0. The van der Waals surface area contributed by atoms with Crippen LogP contribution in [-0.2, 0) is 6.42 Å². The molecular weight excluding hydrogens is 230 g/mol. The third-order valence-corrected chi connectivity index (χ3v) is 2.78. The van der Waals surface area contributed by atoms with Gasteiger partial charge in [0.25, 0.3) is 0 Å². The zero-order valence-electron chi connectivity index (χ0n) is 10.9. The van der Waals surface area contributed by atoms with E-state index in [0.29, 0.717) is 11.7 Å². The molecule has 0 amide bonds. The quantitative estimate of drug-likeness (QED) is 0.453. The summed E-state index contributed by atoms with van der Waals surface area (Å²) in [7, 11) is 0. The highest BCUT2D eigenvalue weighted by Crippen LogP contribution is 2.25. The summed E-state index contributed by atoms with van der Waals surface area (Å²) in [6.07, 6.45) is 1.73. The Kier molecular flexibility index (Phi) is 4.97. The molecule has 0 radical (unpaired) electrons. The highest BCUT2D eigenvalue weighted by molar-refractivity contribution is 5.97. The summed E-state index contributed by atoms with van der Waals surface area (Å²) in [6.45, 7) is 5.08. The monoisotopic (exact) mass is 251 g/mol. The minimum atomic E-state index is -1.05. The molecule has 0 fully saturated rings. The fourth-order valence-electron chi connectivity index (χ4n) is 1.76. The molecule has 1 aromatic carbocycles. The van der Waals surface area contributed by atoms with Crippen LogP contribution in [0.5, 0.6) is 0 Å². The molecule has 0 spiro atoms. The Hall–Kier alpha value is -1.75. The summed E-state index contributed by atoms with van der Waals surface area (Å²) in [5.41, 5.74) is 13.1. The first-order chi connectivity index (χ1) is 8.43. The molecule has 1 aromatic rings. The van der Waals surface area contributed by atoms with Gasteiger partial charge in [0.1, 0.15) is 0 Å². The molecule has 0 aliphatic carbocycles. The molecule has 18 heavy (non-hydrogen) atoms. The molecule has 100 valence electrons. The van der Waals surface area contributed by atoms with Crippen molar-refractivity contribution in [2.75, 3.05) is 18.0 Å². The summed E-state index contributed by atoms with van der Waals surface area (Å²) in [5, 5.41) is 12.2. The Morgan fingerprint density at radius 3 is 2.56 bits per heavy atom. The van der Waals surface area contributed by atoms with E-state index in [1.165, 1.54) is 6.07 Å². The van der Waals surface area contributed by atoms with Crippen molar-refractivity contribution in [1.29, 1.82) is 0 Å². The summed E-state index contributed by atoms with van der Waals surface area (Å²) >= 11 is 0. The van der Waals surface area contributed by atoms with Crippen molar-refractivity contribution in [3.05, 3.63) is 23.3 Å². The van der Waals surface area contributed by atoms with Crippen molar-refractivity contribution >= 4 is 17.3 Å². The standard InChI is InChI=1S/C13H21N3O2/c1-8(2)16-7-3-4-9-5-6-10(13(17)18)12(15)11(9)14/h5-6,8,16H,3-4,7,14-15H2,1-2H3,(H,17,18). The Bertz CT molecular complexity index is 430. The molecule has 1 rings (SSSR count). The number of hydrogen-bond donors (Lipinski definition) is 4. The van der Waals surface area contributed by atoms with Crippen LogP contribution in [0.25, 0.3) is 0 Å². The minimum Gasteiger partial charge on any atom is -0.478 e. The third-order valence-electron chi connectivity index (χ3n) is 2.78. The Morgan fingerprint density at radius 2 is 2.00 bits per heavy atom. The number of hydrogen-bond acceptors (Lipinski definition) is 4. The van der Waals surface area contributed by atoms with Gasteiger partial charge in [0, 0.05) is 6.04 Å². The van der Waals surface area contributed by atoms with Gasteiger partial charge in [0.15, 0.2) is 0 Å². The molecule has 0 aliphatic rings. The van der Waals surface area contributed by atoms with Crippen LogP contribution in [0.2, 0.25) is 0 Å². The SMILES string of the molecule is CC(C)NCCCc1ccc(C(=O)O)c(N)c1N. The molecule has 0 unspecified atom stereocenters. The second-order valence-corrected chi connectivity index (χ2v) is 4.62. The van der Waals surface area contributed by atoms with Crippen molar-refractivity contribution in [3.8, 4) is 0 Å². The molecule has 5 heteroatoms. The van der Waals surface area contributed by atoms with Crippen LogP contribution >= 0.6 is 0 Å². The van der Waals surface area contributed by atoms with E-state index in [1.54, 1.807) is 6.07 Å². The highest BCUT2D eigenvalue weighted by Gasteiger charge is 2.12. The first-order valence-corrected chi connectivity index (χ1v) is 6.07. The van der Waals surface area contributed by atoms with Crippen LogP contribution < -0.4 is 16.8 Å². The Balaban J connectivity index is 2.68. The first kappa shape index (κ1) is 14.3. The summed E-state index contributed by atoms with van der Waals surface area (Å²) < 4.78 is 0. The van der Waals surface area contributed by atoms with E-state index in [2.05, 4.69) is 19.2 Å². The number of benzene rings is 1. The van der Waals surface area contributed by atoms with Crippen molar-refractivity contribution in [2.24, 2.45) is 0 Å². The smallest absolute Gasteiger partial charge is 0.337 e. The lowest BCUT2D eigenvalue weighted by molar-refractivity contribution is 0.0698. The number of nitrogens with two attached hydrogens (primary N) is 2. The fraction of sp³-hybridized carbons (Fsp3) is 0.462. The number of nitrogen functional groups attached to an aromatic ring is 2. The third kappa shape index (κ3) is 3.63. The van der Waals surface area contributed by atoms with Crippen LogP contribution in [0, 0.1) is 0 Å². The van der Waals surface area contributed by atoms with Crippen LogP contribution in [0.1, 0.15) is 36.2 Å². The van der Waals surface area contributed by atoms with Crippen molar-refractivity contribution < 1.29 is 9.90 Å². The van der Waals surface area contributed by atoms with Gasteiger partial charge in [-0.15, -0.1) is 0 Å². The topological polar surface area (TPSA) is 101 Å².